The van der Waals surface area contributed by atoms with Gasteiger partial charge in [-0.3, -0.25) is 4.68 Å². The van der Waals surface area contributed by atoms with E-state index >= 15 is 0 Å². The minimum atomic E-state index is -0.893. The molecule has 0 amide bonds. The third-order valence-corrected chi connectivity index (χ3v) is 3.46. The predicted molar refractivity (Wildman–Crippen MR) is 81.2 cm³/mol. The molecular weight excluding hydrogens is 266 g/mol. The molecule has 2 aromatic rings. The van der Waals surface area contributed by atoms with Gasteiger partial charge in [-0.25, -0.2) is 4.79 Å². The van der Waals surface area contributed by atoms with Gasteiger partial charge in [0.05, 0.1) is 17.0 Å². The largest absolute Gasteiger partial charge is 0.478 e. The van der Waals surface area contributed by atoms with Crippen molar-refractivity contribution in [1.29, 1.82) is 0 Å². The standard InChI is InChI=1S/C16H21N3O2/c1-11(2)15-8-13(19(3)18-15)10-17-9-12-6-4-5-7-14(12)16(20)21/h4-8,11,17H,9-10H2,1-3H3,(H,20,21). The second-order valence-corrected chi connectivity index (χ2v) is 5.40. The van der Waals surface area contributed by atoms with Crippen LogP contribution in [-0.4, -0.2) is 20.9 Å². The van der Waals surface area contributed by atoms with Crippen LogP contribution in [0.1, 0.15) is 47.1 Å². The molecule has 21 heavy (non-hydrogen) atoms. The highest BCUT2D eigenvalue weighted by Gasteiger charge is 2.10. The minimum Gasteiger partial charge on any atom is -0.478 e. The third kappa shape index (κ3) is 3.70. The summed E-state index contributed by atoms with van der Waals surface area (Å²) < 4.78 is 1.87. The van der Waals surface area contributed by atoms with Crippen LogP contribution in [0.4, 0.5) is 0 Å². The number of carboxylic acids is 1. The van der Waals surface area contributed by atoms with Crippen molar-refractivity contribution in [2.24, 2.45) is 7.05 Å². The average molecular weight is 287 g/mol. The van der Waals surface area contributed by atoms with Crippen molar-refractivity contribution in [3.63, 3.8) is 0 Å². The number of hydrogen-bond donors (Lipinski definition) is 2. The average Bonchev–Trinajstić information content (AvgIpc) is 2.81. The van der Waals surface area contributed by atoms with Gasteiger partial charge in [-0.05, 0) is 23.6 Å². The second kappa shape index (κ2) is 6.54. The van der Waals surface area contributed by atoms with E-state index in [2.05, 4.69) is 30.3 Å². The molecule has 1 heterocycles. The third-order valence-electron chi connectivity index (χ3n) is 3.46. The Morgan fingerprint density at radius 2 is 2.05 bits per heavy atom. The van der Waals surface area contributed by atoms with Crippen LogP contribution in [0.3, 0.4) is 0 Å². The molecule has 0 aliphatic heterocycles. The van der Waals surface area contributed by atoms with Gasteiger partial charge in [0, 0.05) is 20.1 Å². The number of aryl methyl sites for hydroxylation is 1. The lowest BCUT2D eigenvalue weighted by molar-refractivity contribution is 0.0695. The van der Waals surface area contributed by atoms with Crippen molar-refractivity contribution < 1.29 is 9.90 Å². The molecule has 5 nitrogen and oxygen atoms in total. The molecule has 2 rings (SSSR count). The monoisotopic (exact) mass is 287 g/mol. The van der Waals surface area contributed by atoms with Crippen molar-refractivity contribution >= 4 is 5.97 Å². The van der Waals surface area contributed by atoms with E-state index in [4.69, 9.17) is 5.11 Å². The Hall–Kier alpha value is -2.14. The van der Waals surface area contributed by atoms with Gasteiger partial charge in [0.2, 0.25) is 0 Å². The van der Waals surface area contributed by atoms with Gasteiger partial charge in [0.15, 0.2) is 0 Å². The maximum atomic E-state index is 11.1. The first-order valence-electron chi connectivity index (χ1n) is 7.03. The lowest BCUT2D eigenvalue weighted by Gasteiger charge is -2.08. The minimum absolute atomic E-state index is 0.345. The highest BCUT2D eigenvalue weighted by atomic mass is 16.4. The number of carbonyl (C=O) groups is 1. The first-order valence-corrected chi connectivity index (χ1v) is 7.03. The zero-order chi connectivity index (χ0) is 15.4. The maximum absolute atomic E-state index is 11.1. The van der Waals surface area contributed by atoms with Gasteiger partial charge in [0.1, 0.15) is 0 Å². The van der Waals surface area contributed by atoms with Gasteiger partial charge >= 0.3 is 5.97 Å². The molecule has 0 atom stereocenters. The fourth-order valence-corrected chi connectivity index (χ4v) is 2.19. The molecule has 0 saturated heterocycles. The number of aromatic nitrogens is 2. The molecule has 1 aromatic carbocycles. The Labute approximate surface area is 124 Å². The van der Waals surface area contributed by atoms with E-state index in [0.717, 1.165) is 17.0 Å². The normalized spacial score (nSPS) is 11.0. The fourth-order valence-electron chi connectivity index (χ4n) is 2.19. The van der Waals surface area contributed by atoms with Crippen LogP contribution >= 0.6 is 0 Å². The number of benzene rings is 1. The number of rotatable bonds is 6. The van der Waals surface area contributed by atoms with E-state index < -0.39 is 5.97 Å². The van der Waals surface area contributed by atoms with E-state index in [0.29, 0.717) is 24.6 Å². The Balaban J connectivity index is 2.00. The van der Waals surface area contributed by atoms with Crippen LogP contribution in [0.5, 0.6) is 0 Å². The van der Waals surface area contributed by atoms with Gasteiger partial charge < -0.3 is 10.4 Å². The van der Waals surface area contributed by atoms with Gasteiger partial charge in [0.25, 0.3) is 0 Å². The first kappa shape index (κ1) is 15.3. The number of nitrogens with zero attached hydrogens (tertiary/aromatic N) is 2. The second-order valence-electron chi connectivity index (χ2n) is 5.40. The van der Waals surface area contributed by atoms with Crippen LogP contribution < -0.4 is 5.32 Å². The zero-order valence-corrected chi connectivity index (χ0v) is 12.6. The molecule has 0 radical (unpaired) electrons. The molecule has 0 unspecified atom stereocenters. The van der Waals surface area contributed by atoms with Crippen molar-refractivity contribution in [3.8, 4) is 0 Å². The maximum Gasteiger partial charge on any atom is 0.336 e. The lowest BCUT2D eigenvalue weighted by atomic mass is 10.1. The lowest BCUT2D eigenvalue weighted by Crippen LogP contribution is -2.17. The molecule has 0 fully saturated rings. The summed E-state index contributed by atoms with van der Waals surface area (Å²) in [6.45, 7) is 5.40. The molecule has 1 aromatic heterocycles. The Morgan fingerprint density at radius 3 is 2.67 bits per heavy atom. The Kier molecular flexibility index (Phi) is 4.75. The molecule has 0 saturated carbocycles. The van der Waals surface area contributed by atoms with Gasteiger partial charge in [-0.1, -0.05) is 32.0 Å². The van der Waals surface area contributed by atoms with E-state index in [1.807, 2.05) is 23.9 Å². The topological polar surface area (TPSA) is 67.2 Å². The van der Waals surface area contributed by atoms with E-state index in [9.17, 15) is 4.79 Å². The molecule has 0 bridgehead atoms. The van der Waals surface area contributed by atoms with Crippen LogP contribution in [0.2, 0.25) is 0 Å². The van der Waals surface area contributed by atoms with Crippen molar-refractivity contribution in [2.75, 3.05) is 0 Å². The van der Waals surface area contributed by atoms with Gasteiger partial charge in [-0.15, -0.1) is 0 Å². The summed E-state index contributed by atoms with van der Waals surface area (Å²) in [6.07, 6.45) is 0. The first-order chi connectivity index (χ1) is 9.99. The van der Waals surface area contributed by atoms with Crippen molar-refractivity contribution in [2.45, 2.75) is 32.9 Å². The summed E-state index contributed by atoms with van der Waals surface area (Å²) in [7, 11) is 1.92. The smallest absolute Gasteiger partial charge is 0.336 e. The van der Waals surface area contributed by atoms with Crippen LogP contribution in [0.25, 0.3) is 0 Å². The summed E-state index contributed by atoms with van der Waals surface area (Å²) in [6, 6.07) is 9.13. The Bertz CT molecular complexity index is 632. The molecule has 5 heteroatoms. The SMILES string of the molecule is CC(C)c1cc(CNCc2ccccc2C(=O)O)n(C)n1. The predicted octanol–water partition coefficient (Wildman–Crippen LogP) is 2.53. The van der Waals surface area contributed by atoms with E-state index in [1.165, 1.54) is 0 Å². The number of carboxylic acid groups (broad SMARTS) is 1. The highest BCUT2D eigenvalue weighted by molar-refractivity contribution is 5.89. The molecular formula is C16H21N3O2. The molecule has 0 spiro atoms. The summed E-state index contributed by atoms with van der Waals surface area (Å²) in [5.41, 5.74) is 3.29. The van der Waals surface area contributed by atoms with Crippen LogP contribution in [0.15, 0.2) is 30.3 Å². The molecule has 0 aliphatic carbocycles. The summed E-state index contributed by atoms with van der Waals surface area (Å²) >= 11 is 0. The van der Waals surface area contributed by atoms with Crippen molar-refractivity contribution in [1.82, 2.24) is 15.1 Å². The number of aromatic carboxylic acids is 1. The molecule has 2 N–H and O–H groups in total. The summed E-state index contributed by atoms with van der Waals surface area (Å²) in [5.74, 6) is -0.493. The number of hydrogen-bond acceptors (Lipinski definition) is 3. The van der Waals surface area contributed by atoms with Crippen LogP contribution in [0, 0.1) is 0 Å². The van der Waals surface area contributed by atoms with E-state index in [-0.39, 0.29) is 0 Å². The van der Waals surface area contributed by atoms with Gasteiger partial charge in [-0.2, -0.15) is 5.10 Å². The van der Waals surface area contributed by atoms with Crippen molar-refractivity contribution in [3.05, 3.63) is 52.8 Å². The van der Waals surface area contributed by atoms with Crippen LogP contribution in [-0.2, 0) is 20.1 Å². The highest BCUT2D eigenvalue weighted by Crippen LogP contribution is 2.14. The zero-order valence-electron chi connectivity index (χ0n) is 12.6. The Morgan fingerprint density at radius 1 is 1.33 bits per heavy atom. The molecule has 112 valence electrons. The fraction of sp³-hybridized carbons (Fsp3) is 0.375. The number of nitrogens with one attached hydrogen (secondary N) is 1. The molecule has 0 aliphatic rings. The summed E-state index contributed by atoms with van der Waals surface area (Å²) in [5, 5.41) is 16.9. The van der Waals surface area contributed by atoms with E-state index in [1.54, 1.807) is 12.1 Å². The summed E-state index contributed by atoms with van der Waals surface area (Å²) in [4.78, 5) is 11.1. The quantitative estimate of drug-likeness (QED) is 0.856.